The number of nitrogens with zero attached hydrogens (tertiary/aromatic N) is 1. The number of morpholine rings is 1. The number of benzene rings is 1. The lowest BCUT2D eigenvalue weighted by Gasteiger charge is -2.28. The third kappa shape index (κ3) is 4.45. The van der Waals surface area contributed by atoms with E-state index in [2.05, 4.69) is 4.90 Å². The van der Waals surface area contributed by atoms with Crippen LogP contribution < -0.4 is 4.74 Å². The summed E-state index contributed by atoms with van der Waals surface area (Å²) in [5.41, 5.74) is 0.930. The topological polar surface area (TPSA) is 41.9 Å². The lowest BCUT2D eigenvalue weighted by Crippen LogP contribution is -2.42. The Morgan fingerprint density at radius 1 is 1.42 bits per heavy atom. The van der Waals surface area contributed by atoms with Crippen molar-refractivity contribution in [1.29, 1.82) is 0 Å². The average Bonchev–Trinajstić information content (AvgIpc) is 2.41. The van der Waals surface area contributed by atoms with Crippen molar-refractivity contribution in [2.24, 2.45) is 0 Å². The Hall–Kier alpha value is -1.17. The summed E-state index contributed by atoms with van der Waals surface area (Å²) in [7, 11) is 0. The highest BCUT2D eigenvalue weighted by molar-refractivity contribution is 5.29. The standard InChI is InChI=1S/C14H20FNO3/c1-11-2-3-13(15)14(8-11)19-10-12(17)9-16-4-6-18-7-5-16/h2-3,8,12,17H,4-7,9-10H2,1H3. The fourth-order valence-electron chi connectivity index (χ4n) is 2.04. The summed E-state index contributed by atoms with van der Waals surface area (Å²) in [6.07, 6.45) is -0.627. The van der Waals surface area contributed by atoms with Gasteiger partial charge in [0, 0.05) is 19.6 Å². The minimum atomic E-state index is -0.627. The zero-order valence-electron chi connectivity index (χ0n) is 11.1. The Kier molecular flexibility index (Phi) is 5.13. The molecule has 1 saturated heterocycles. The molecule has 0 aromatic heterocycles. The van der Waals surface area contributed by atoms with E-state index in [0.29, 0.717) is 19.8 Å². The molecule has 0 amide bonds. The van der Waals surface area contributed by atoms with E-state index in [1.807, 2.05) is 6.92 Å². The maximum atomic E-state index is 13.4. The lowest BCUT2D eigenvalue weighted by molar-refractivity contribution is 0.00433. The van der Waals surface area contributed by atoms with E-state index in [-0.39, 0.29) is 12.4 Å². The second-order valence-corrected chi connectivity index (χ2v) is 4.81. The Morgan fingerprint density at radius 2 is 2.16 bits per heavy atom. The molecule has 1 aromatic rings. The first-order chi connectivity index (χ1) is 9.15. The SMILES string of the molecule is Cc1ccc(F)c(OCC(O)CN2CCOCC2)c1. The second-order valence-electron chi connectivity index (χ2n) is 4.81. The first kappa shape index (κ1) is 14.2. The number of aryl methyl sites for hydroxylation is 1. The summed E-state index contributed by atoms with van der Waals surface area (Å²) in [5.74, 6) is -0.204. The molecule has 0 bridgehead atoms. The number of β-amino-alcohol motifs (C(OH)–C–C–N with tert-alkyl or cyclic N) is 1. The number of aliphatic hydroxyl groups is 1. The van der Waals surface area contributed by atoms with E-state index in [4.69, 9.17) is 9.47 Å². The third-order valence-electron chi connectivity index (χ3n) is 3.09. The molecular weight excluding hydrogens is 249 g/mol. The van der Waals surface area contributed by atoms with Crippen LogP contribution >= 0.6 is 0 Å². The number of rotatable bonds is 5. The van der Waals surface area contributed by atoms with Crippen molar-refractivity contribution in [3.63, 3.8) is 0 Å². The van der Waals surface area contributed by atoms with Crippen LogP contribution in [0.3, 0.4) is 0 Å². The minimum absolute atomic E-state index is 0.0950. The van der Waals surface area contributed by atoms with E-state index < -0.39 is 11.9 Å². The Bertz CT molecular complexity index is 408. The molecule has 19 heavy (non-hydrogen) atoms. The molecule has 4 nitrogen and oxygen atoms in total. The van der Waals surface area contributed by atoms with Crippen molar-refractivity contribution in [3.05, 3.63) is 29.6 Å². The molecule has 0 saturated carbocycles. The zero-order valence-corrected chi connectivity index (χ0v) is 11.1. The monoisotopic (exact) mass is 269 g/mol. The smallest absolute Gasteiger partial charge is 0.165 e. The predicted molar refractivity (Wildman–Crippen MR) is 69.9 cm³/mol. The van der Waals surface area contributed by atoms with Crippen LogP contribution in [0.25, 0.3) is 0 Å². The van der Waals surface area contributed by atoms with Gasteiger partial charge in [0.2, 0.25) is 0 Å². The molecule has 106 valence electrons. The van der Waals surface area contributed by atoms with Gasteiger partial charge in [0.25, 0.3) is 0 Å². The number of hydrogen-bond donors (Lipinski definition) is 1. The number of hydrogen-bond acceptors (Lipinski definition) is 4. The van der Waals surface area contributed by atoms with Crippen LogP contribution in [0, 0.1) is 12.7 Å². The summed E-state index contributed by atoms with van der Waals surface area (Å²) in [6, 6.07) is 4.70. The van der Waals surface area contributed by atoms with Crippen molar-refractivity contribution >= 4 is 0 Å². The molecule has 1 atom stereocenters. The summed E-state index contributed by atoms with van der Waals surface area (Å²) in [4.78, 5) is 2.12. The molecule has 1 unspecified atom stereocenters. The van der Waals surface area contributed by atoms with Gasteiger partial charge < -0.3 is 14.6 Å². The fourth-order valence-corrected chi connectivity index (χ4v) is 2.04. The van der Waals surface area contributed by atoms with E-state index in [0.717, 1.165) is 18.7 Å². The molecule has 1 fully saturated rings. The van der Waals surface area contributed by atoms with Gasteiger partial charge in [-0.3, -0.25) is 4.90 Å². The van der Waals surface area contributed by atoms with Crippen LogP contribution in [0.1, 0.15) is 5.56 Å². The second kappa shape index (κ2) is 6.84. The van der Waals surface area contributed by atoms with Gasteiger partial charge in [-0.05, 0) is 24.6 Å². The molecule has 1 aliphatic heterocycles. The molecule has 1 aromatic carbocycles. The first-order valence-corrected chi connectivity index (χ1v) is 6.52. The van der Waals surface area contributed by atoms with E-state index in [9.17, 15) is 9.50 Å². The van der Waals surface area contributed by atoms with Crippen LogP contribution in [0.2, 0.25) is 0 Å². The predicted octanol–water partition coefficient (Wildman–Crippen LogP) is 1.21. The Labute approximate surface area is 112 Å². The fraction of sp³-hybridized carbons (Fsp3) is 0.571. The molecule has 1 aliphatic rings. The van der Waals surface area contributed by atoms with Gasteiger partial charge in [-0.25, -0.2) is 4.39 Å². The van der Waals surface area contributed by atoms with Crippen LogP contribution in [-0.4, -0.2) is 55.6 Å². The van der Waals surface area contributed by atoms with Crippen LogP contribution in [-0.2, 0) is 4.74 Å². The summed E-state index contributed by atoms with van der Waals surface area (Å²) in [6.45, 7) is 5.51. The Balaban J connectivity index is 1.79. The molecule has 1 N–H and O–H groups in total. The first-order valence-electron chi connectivity index (χ1n) is 6.52. The highest BCUT2D eigenvalue weighted by atomic mass is 19.1. The average molecular weight is 269 g/mol. The van der Waals surface area contributed by atoms with Gasteiger partial charge in [0.05, 0.1) is 13.2 Å². The van der Waals surface area contributed by atoms with Gasteiger partial charge in [-0.2, -0.15) is 0 Å². The summed E-state index contributed by atoms with van der Waals surface area (Å²) < 4.78 is 24.0. The maximum absolute atomic E-state index is 13.4. The lowest BCUT2D eigenvalue weighted by atomic mass is 10.2. The number of ether oxygens (including phenoxy) is 2. The van der Waals surface area contributed by atoms with Crippen molar-refractivity contribution in [3.8, 4) is 5.75 Å². The number of aliphatic hydroxyl groups excluding tert-OH is 1. The van der Waals surface area contributed by atoms with Gasteiger partial charge >= 0.3 is 0 Å². The zero-order chi connectivity index (χ0) is 13.7. The van der Waals surface area contributed by atoms with Gasteiger partial charge in [0.1, 0.15) is 12.7 Å². The van der Waals surface area contributed by atoms with Gasteiger partial charge in [-0.15, -0.1) is 0 Å². The third-order valence-corrected chi connectivity index (χ3v) is 3.09. The van der Waals surface area contributed by atoms with E-state index >= 15 is 0 Å². The molecular formula is C14H20FNO3. The molecule has 0 radical (unpaired) electrons. The summed E-state index contributed by atoms with van der Waals surface area (Å²) in [5, 5.41) is 9.89. The van der Waals surface area contributed by atoms with Gasteiger partial charge in [0.15, 0.2) is 11.6 Å². The number of halogens is 1. The Morgan fingerprint density at radius 3 is 2.89 bits per heavy atom. The van der Waals surface area contributed by atoms with E-state index in [1.165, 1.54) is 6.07 Å². The highest BCUT2D eigenvalue weighted by Gasteiger charge is 2.15. The molecule has 5 heteroatoms. The largest absolute Gasteiger partial charge is 0.488 e. The van der Waals surface area contributed by atoms with Crippen molar-refractivity contribution in [2.45, 2.75) is 13.0 Å². The van der Waals surface area contributed by atoms with Crippen molar-refractivity contribution in [2.75, 3.05) is 39.5 Å². The van der Waals surface area contributed by atoms with Crippen LogP contribution in [0.5, 0.6) is 5.75 Å². The van der Waals surface area contributed by atoms with E-state index in [1.54, 1.807) is 12.1 Å². The minimum Gasteiger partial charge on any atom is -0.488 e. The molecule has 0 spiro atoms. The quantitative estimate of drug-likeness (QED) is 0.872. The van der Waals surface area contributed by atoms with Crippen LogP contribution in [0.15, 0.2) is 18.2 Å². The van der Waals surface area contributed by atoms with Gasteiger partial charge in [-0.1, -0.05) is 6.07 Å². The molecule has 1 heterocycles. The van der Waals surface area contributed by atoms with Crippen molar-refractivity contribution in [1.82, 2.24) is 4.90 Å². The summed E-state index contributed by atoms with van der Waals surface area (Å²) >= 11 is 0. The maximum Gasteiger partial charge on any atom is 0.165 e. The van der Waals surface area contributed by atoms with Crippen molar-refractivity contribution < 1.29 is 19.0 Å². The molecule has 2 rings (SSSR count). The molecule has 0 aliphatic carbocycles. The normalized spacial score (nSPS) is 18.3. The highest BCUT2D eigenvalue weighted by Crippen LogP contribution is 2.18. The van der Waals surface area contributed by atoms with Crippen LogP contribution in [0.4, 0.5) is 4.39 Å².